The van der Waals surface area contributed by atoms with Crippen LogP contribution in [0.1, 0.15) is 40.7 Å². The number of hydrogen-bond donors (Lipinski definition) is 1. The first-order valence-corrected chi connectivity index (χ1v) is 16.2. The van der Waals surface area contributed by atoms with Gasteiger partial charge in [0.05, 0.1) is 35.0 Å². The van der Waals surface area contributed by atoms with Gasteiger partial charge in [0.15, 0.2) is 0 Å². The van der Waals surface area contributed by atoms with Crippen molar-refractivity contribution in [2.75, 3.05) is 63.3 Å². The third-order valence-corrected chi connectivity index (χ3v) is 9.06. The molecule has 0 bridgehead atoms. The van der Waals surface area contributed by atoms with Crippen LogP contribution >= 0.6 is 0 Å². The zero-order valence-electron chi connectivity index (χ0n) is 26.2. The predicted molar refractivity (Wildman–Crippen MR) is 176 cm³/mol. The highest BCUT2D eigenvalue weighted by Crippen LogP contribution is 2.37. The molecule has 1 unspecified atom stereocenters. The molecule has 0 saturated carbocycles. The first-order chi connectivity index (χ1) is 21.4. The highest BCUT2D eigenvalue weighted by molar-refractivity contribution is 7.92. The molecular formula is C33H39N5O6S. The summed E-state index contributed by atoms with van der Waals surface area (Å²) < 4.78 is 33.0. The zero-order valence-corrected chi connectivity index (χ0v) is 27.0. The van der Waals surface area contributed by atoms with Crippen molar-refractivity contribution in [3.63, 3.8) is 0 Å². The molecule has 1 aliphatic rings. The van der Waals surface area contributed by atoms with Crippen LogP contribution in [0.3, 0.4) is 0 Å². The Bertz CT molecular complexity index is 1670. The van der Waals surface area contributed by atoms with Crippen LogP contribution < -0.4 is 9.62 Å². The van der Waals surface area contributed by atoms with Gasteiger partial charge in [0.1, 0.15) is 12.5 Å². The monoisotopic (exact) mass is 633 g/mol. The molecule has 3 aromatic carbocycles. The van der Waals surface area contributed by atoms with Gasteiger partial charge in [-0.25, -0.2) is 13.2 Å². The second kappa shape index (κ2) is 14.5. The Hall–Kier alpha value is -4.55. The fraction of sp³-hybridized carbons (Fsp3) is 0.333. The minimum atomic E-state index is -3.81. The van der Waals surface area contributed by atoms with Crippen LogP contribution in [0.15, 0.2) is 77.8 Å². The van der Waals surface area contributed by atoms with Crippen molar-refractivity contribution in [3.05, 3.63) is 89.5 Å². The maximum absolute atomic E-state index is 13.4. The van der Waals surface area contributed by atoms with E-state index < -0.39 is 21.9 Å². The van der Waals surface area contributed by atoms with Crippen molar-refractivity contribution in [1.82, 2.24) is 9.80 Å². The molecule has 0 spiro atoms. The van der Waals surface area contributed by atoms with Crippen LogP contribution in [0, 0.1) is 0 Å². The van der Waals surface area contributed by atoms with E-state index in [2.05, 4.69) is 5.32 Å². The van der Waals surface area contributed by atoms with Crippen molar-refractivity contribution in [3.8, 4) is 0 Å². The number of fused-ring (bicyclic) bond motifs is 1. The first kappa shape index (κ1) is 33.3. The second-order valence-electron chi connectivity index (χ2n) is 11.1. The van der Waals surface area contributed by atoms with Gasteiger partial charge in [-0.3, -0.25) is 18.9 Å². The number of esters is 1. The van der Waals surface area contributed by atoms with E-state index in [4.69, 9.17) is 9.73 Å². The molecule has 0 radical (unpaired) electrons. The Morgan fingerprint density at radius 3 is 2.24 bits per heavy atom. The molecule has 0 saturated heterocycles. The number of hydrogen-bond acceptors (Lipinski definition) is 8. The van der Waals surface area contributed by atoms with Crippen LogP contribution in [0.5, 0.6) is 0 Å². The molecule has 1 heterocycles. The van der Waals surface area contributed by atoms with Crippen LogP contribution in [-0.4, -0.2) is 95.4 Å². The van der Waals surface area contributed by atoms with Crippen LogP contribution in [0.2, 0.25) is 0 Å². The molecule has 0 aliphatic carbocycles. The third-order valence-electron chi connectivity index (χ3n) is 7.25. The number of benzene rings is 3. The van der Waals surface area contributed by atoms with Crippen LogP contribution in [-0.2, 0) is 24.3 Å². The topological polar surface area (TPSA) is 129 Å². The number of anilines is 2. The Balaban J connectivity index is 1.71. The summed E-state index contributed by atoms with van der Waals surface area (Å²) in [7, 11) is 3.10. The maximum atomic E-state index is 13.4. The summed E-state index contributed by atoms with van der Waals surface area (Å²) in [5, 5.41) is 2.87. The molecule has 238 valence electrons. The molecule has 45 heavy (non-hydrogen) atoms. The molecular weight excluding hydrogens is 594 g/mol. The summed E-state index contributed by atoms with van der Waals surface area (Å²) in [6.45, 7) is 2.22. The molecule has 4 rings (SSSR count). The normalized spacial score (nSPS) is 14.6. The Labute approximate surface area is 264 Å². The van der Waals surface area contributed by atoms with Gasteiger partial charge in [0, 0.05) is 19.8 Å². The van der Waals surface area contributed by atoms with E-state index in [0.29, 0.717) is 46.9 Å². The van der Waals surface area contributed by atoms with E-state index in [-0.39, 0.29) is 30.7 Å². The smallest absolute Gasteiger partial charge is 0.338 e. The van der Waals surface area contributed by atoms with Gasteiger partial charge in [-0.15, -0.1) is 0 Å². The van der Waals surface area contributed by atoms with E-state index >= 15 is 0 Å². The molecule has 12 heteroatoms. The SMILES string of the molecule is CCOC(=O)c1ccc2c(c1)NC(=O)C2C(=Nc1ccc(N(CC(=O)N(C)C)S(=O)(=O)CCCN(C)C)cc1)c1ccccc1. The number of nitrogens with zero attached hydrogens (tertiary/aromatic N) is 4. The average molecular weight is 634 g/mol. The lowest BCUT2D eigenvalue weighted by atomic mass is 9.90. The Morgan fingerprint density at radius 2 is 1.62 bits per heavy atom. The maximum Gasteiger partial charge on any atom is 0.338 e. The zero-order chi connectivity index (χ0) is 32.7. The number of carbonyl (C=O) groups is 3. The lowest BCUT2D eigenvalue weighted by Gasteiger charge is -2.26. The number of ether oxygens (including phenoxy) is 1. The Kier molecular flexibility index (Phi) is 10.7. The number of likely N-dealkylation sites (N-methyl/N-ethyl adjacent to an activating group) is 1. The fourth-order valence-corrected chi connectivity index (χ4v) is 6.36. The first-order valence-electron chi connectivity index (χ1n) is 14.6. The number of carbonyl (C=O) groups excluding carboxylic acids is 3. The molecule has 2 amide bonds. The number of nitrogens with one attached hydrogen (secondary N) is 1. The molecule has 0 aromatic heterocycles. The number of aliphatic imine (C=N–C) groups is 1. The van der Waals surface area contributed by atoms with Crippen molar-refractivity contribution in [2.45, 2.75) is 19.3 Å². The standard InChI is InChI=1S/C33H39N5O6S/c1-6-44-33(41)24-13-18-27-28(21-24)35-32(40)30(27)31(23-11-8-7-9-12-23)34-25-14-16-26(17-15-25)38(22-29(39)37(4)5)45(42,43)20-10-19-36(2)3/h7-9,11-18,21,30H,6,10,19-20,22H2,1-5H3,(H,35,40). The molecule has 1 N–H and O–H groups in total. The Morgan fingerprint density at radius 1 is 0.933 bits per heavy atom. The summed E-state index contributed by atoms with van der Waals surface area (Å²) in [6, 6.07) is 20.8. The van der Waals surface area contributed by atoms with Gasteiger partial charge < -0.3 is 19.9 Å². The van der Waals surface area contributed by atoms with Gasteiger partial charge in [-0.05, 0) is 81.5 Å². The number of amides is 2. The second-order valence-corrected chi connectivity index (χ2v) is 13.1. The summed E-state index contributed by atoms with van der Waals surface area (Å²) >= 11 is 0. The van der Waals surface area contributed by atoms with Crippen LogP contribution in [0.25, 0.3) is 0 Å². The van der Waals surface area contributed by atoms with Gasteiger partial charge in [0.2, 0.25) is 21.8 Å². The highest BCUT2D eigenvalue weighted by atomic mass is 32.2. The van der Waals surface area contributed by atoms with Gasteiger partial charge >= 0.3 is 5.97 Å². The minimum absolute atomic E-state index is 0.113. The number of rotatable bonds is 13. The average Bonchev–Trinajstić information content (AvgIpc) is 3.33. The summed E-state index contributed by atoms with van der Waals surface area (Å²) in [6.07, 6.45) is 0.414. The van der Waals surface area contributed by atoms with E-state index in [9.17, 15) is 22.8 Å². The van der Waals surface area contributed by atoms with Gasteiger partial charge in [-0.1, -0.05) is 36.4 Å². The van der Waals surface area contributed by atoms with Gasteiger partial charge in [-0.2, -0.15) is 0 Å². The number of sulfonamides is 1. The highest BCUT2D eigenvalue weighted by Gasteiger charge is 2.36. The lowest BCUT2D eigenvalue weighted by Crippen LogP contribution is -2.41. The van der Waals surface area contributed by atoms with E-state index in [1.807, 2.05) is 49.3 Å². The lowest BCUT2D eigenvalue weighted by molar-refractivity contribution is -0.127. The predicted octanol–water partition coefficient (Wildman–Crippen LogP) is 3.90. The van der Waals surface area contributed by atoms with Crippen molar-refractivity contribution >= 4 is 50.6 Å². The molecule has 11 nitrogen and oxygen atoms in total. The summed E-state index contributed by atoms with van der Waals surface area (Å²) in [4.78, 5) is 46.4. The van der Waals surface area contributed by atoms with Crippen molar-refractivity contribution in [1.29, 1.82) is 0 Å². The quantitative estimate of drug-likeness (QED) is 0.223. The largest absolute Gasteiger partial charge is 0.462 e. The summed E-state index contributed by atoms with van der Waals surface area (Å²) in [5.41, 5.74) is 3.56. The van der Waals surface area contributed by atoms with E-state index in [0.717, 1.165) is 9.87 Å². The molecule has 0 fully saturated rings. The van der Waals surface area contributed by atoms with Crippen LogP contribution in [0.4, 0.5) is 17.1 Å². The van der Waals surface area contributed by atoms with Gasteiger partial charge in [0.25, 0.3) is 0 Å². The molecule has 3 aromatic rings. The minimum Gasteiger partial charge on any atom is -0.462 e. The molecule has 1 aliphatic heterocycles. The molecule has 1 atom stereocenters. The fourth-order valence-electron chi connectivity index (χ4n) is 4.90. The third kappa shape index (κ3) is 8.14. The van der Waals surface area contributed by atoms with Crippen molar-refractivity contribution in [2.24, 2.45) is 4.99 Å². The summed E-state index contributed by atoms with van der Waals surface area (Å²) in [5.74, 6) is -1.99. The van der Waals surface area contributed by atoms with E-state index in [1.165, 1.54) is 4.90 Å². The van der Waals surface area contributed by atoms with E-state index in [1.54, 1.807) is 63.5 Å². The van der Waals surface area contributed by atoms with Crippen molar-refractivity contribution < 1.29 is 27.5 Å².